The van der Waals surface area contributed by atoms with E-state index in [4.69, 9.17) is 9.47 Å². The SMILES string of the molecule is COc1ccc(CN(C(=O)c2ccccc2)C(c2nc(C(=O)O)cs2)C2CCCCC2)cc1OC. The zero-order chi connectivity index (χ0) is 24.8. The van der Waals surface area contributed by atoms with Crippen molar-refractivity contribution in [1.82, 2.24) is 9.88 Å². The number of carbonyl (C=O) groups is 2. The zero-order valence-electron chi connectivity index (χ0n) is 20.0. The van der Waals surface area contributed by atoms with Gasteiger partial charge in [-0.2, -0.15) is 0 Å². The molecule has 1 atom stereocenters. The number of hydrogen-bond acceptors (Lipinski definition) is 6. The number of carboxylic acid groups (broad SMARTS) is 1. The summed E-state index contributed by atoms with van der Waals surface area (Å²) in [5, 5.41) is 11.7. The van der Waals surface area contributed by atoms with Crippen LogP contribution in [0.5, 0.6) is 11.5 Å². The Kier molecular flexibility index (Phi) is 8.02. The van der Waals surface area contributed by atoms with E-state index in [1.165, 1.54) is 17.8 Å². The van der Waals surface area contributed by atoms with Gasteiger partial charge in [-0.25, -0.2) is 9.78 Å². The number of benzene rings is 2. The summed E-state index contributed by atoms with van der Waals surface area (Å²) in [7, 11) is 3.17. The van der Waals surface area contributed by atoms with Gasteiger partial charge in [0.15, 0.2) is 17.2 Å². The highest BCUT2D eigenvalue weighted by Gasteiger charge is 2.36. The third kappa shape index (κ3) is 5.65. The molecule has 8 heteroatoms. The molecule has 0 bridgehead atoms. The van der Waals surface area contributed by atoms with Gasteiger partial charge in [-0.3, -0.25) is 4.79 Å². The lowest BCUT2D eigenvalue weighted by Crippen LogP contribution is -2.39. The normalized spacial score (nSPS) is 14.8. The number of aromatic nitrogens is 1. The smallest absolute Gasteiger partial charge is 0.355 e. The van der Waals surface area contributed by atoms with Crippen LogP contribution in [0, 0.1) is 5.92 Å². The van der Waals surface area contributed by atoms with Crippen LogP contribution in [-0.2, 0) is 6.54 Å². The van der Waals surface area contributed by atoms with Crippen LogP contribution < -0.4 is 9.47 Å². The predicted octanol–water partition coefficient (Wildman–Crippen LogP) is 5.82. The summed E-state index contributed by atoms with van der Waals surface area (Å²) < 4.78 is 10.9. The predicted molar refractivity (Wildman–Crippen MR) is 134 cm³/mol. The average Bonchev–Trinajstić information content (AvgIpc) is 3.39. The number of amides is 1. The molecule has 1 aromatic heterocycles. The van der Waals surface area contributed by atoms with Crippen LogP contribution in [0.3, 0.4) is 0 Å². The molecule has 0 radical (unpaired) electrons. The van der Waals surface area contributed by atoms with Crippen molar-refractivity contribution in [1.29, 1.82) is 0 Å². The molecule has 1 saturated carbocycles. The van der Waals surface area contributed by atoms with E-state index in [2.05, 4.69) is 4.98 Å². The molecule has 4 rings (SSSR count). The lowest BCUT2D eigenvalue weighted by molar-refractivity contribution is 0.0539. The van der Waals surface area contributed by atoms with E-state index < -0.39 is 5.97 Å². The molecular weight excluding hydrogens is 464 g/mol. The van der Waals surface area contributed by atoms with Gasteiger partial charge in [0.25, 0.3) is 5.91 Å². The summed E-state index contributed by atoms with van der Waals surface area (Å²) >= 11 is 1.31. The van der Waals surface area contributed by atoms with Gasteiger partial charge < -0.3 is 19.5 Å². The highest BCUT2D eigenvalue weighted by Crippen LogP contribution is 2.41. The number of nitrogens with zero attached hydrogens (tertiary/aromatic N) is 2. The maximum absolute atomic E-state index is 14.0. The third-order valence-electron chi connectivity index (χ3n) is 6.51. The first-order chi connectivity index (χ1) is 17.0. The van der Waals surface area contributed by atoms with E-state index in [0.717, 1.165) is 31.2 Å². The highest BCUT2D eigenvalue weighted by molar-refractivity contribution is 7.09. The number of ether oxygens (including phenoxy) is 2. The van der Waals surface area contributed by atoms with E-state index in [0.29, 0.717) is 28.6 Å². The Morgan fingerprint density at radius 1 is 1.06 bits per heavy atom. The molecule has 184 valence electrons. The second-order valence-corrected chi connectivity index (χ2v) is 9.60. The summed E-state index contributed by atoms with van der Waals surface area (Å²) in [6, 6.07) is 14.5. The largest absolute Gasteiger partial charge is 0.493 e. The van der Waals surface area contributed by atoms with E-state index in [-0.39, 0.29) is 23.6 Å². The fraction of sp³-hybridized carbons (Fsp3) is 0.370. The Balaban J connectivity index is 1.79. The fourth-order valence-electron chi connectivity index (χ4n) is 4.78. The summed E-state index contributed by atoms with van der Waals surface area (Å²) in [5.41, 5.74) is 1.50. The van der Waals surface area contributed by atoms with Gasteiger partial charge in [0, 0.05) is 17.5 Å². The van der Waals surface area contributed by atoms with E-state index in [9.17, 15) is 14.7 Å². The minimum Gasteiger partial charge on any atom is -0.493 e. The molecule has 35 heavy (non-hydrogen) atoms. The van der Waals surface area contributed by atoms with Gasteiger partial charge in [0.05, 0.1) is 20.3 Å². The van der Waals surface area contributed by atoms with E-state index in [1.807, 2.05) is 53.4 Å². The first-order valence-electron chi connectivity index (χ1n) is 11.8. The molecule has 0 aliphatic heterocycles. The van der Waals surface area contributed by atoms with Gasteiger partial charge in [-0.05, 0) is 48.6 Å². The second kappa shape index (κ2) is 11.4. The Bertz CT molecular complexity index is 1160. The van der Waals surface area contributed by atoms with Crippen molar-refractivity contribution in [2.75, 3.05) is 14.2 Å². The van der Waals surface area contributed by atoms with Gasteiger partial charge >= 0.3 is 5.97 Å². The molecule has 0 saturated heterocycles. The molecule has 7 nitrogen and oxygen atoms in total. The lowest BCUT2D eigenvalue weighted by Gasteiger charge is -2.38. The van der Waals surface area contributed by atoms with Crippen molar-refractivity contribution in [3.63, 3.8) is 0 Å². The summed E-state index contributed by atoms with van der Waals surface area (Å²) in [6.07, 6.45) is 5.28. The van der Waals surface area contributed by atoms with Gasteiger partial charge in [0.1, 0.15) is 5.01 Å². The number of methoxy groups -OCH3 is 2. The number of carbonyl (C=O) groups excluding carboxylic acids is 1. The summed E-state index contributed by atoms with van der Waals surface area (Å²) in [5.74, 6) is 0.240. The van der Waals surface area contributed by atoms with Gasteiger partial charge in [-0.1, -0.05) is 43.5 Å². The van der Waals surface area contributed by atoms with Crippen molar-refractivity contribution < 1.29 is 24.2 Å². The second-order valence-electron chi connectivity index (χ2n) is 8.71. The summed E-state index contributed by atoms with van der Waals surface area (Å²) in [6.45, 7) is 0.331. The Hall–Kier alpha value is -3.39. The molecule has 1 N–H and O–H groups in total. The Morgan fingerprint density at radius 3 is 2.40 bits per heavy atom. The van der Waals surface area contributed by atoms with Gasteiger partial charge in [0.2, 0.25) is 0 Å². The van der Waals surface area contributed by atoms with Crippen molar-refractivity contribution in [3.8, 4) is 11.5 Å². The van der Waals surface area contributed by atoms with Crippen LogP contribution in [0.1, 0.15) is 69.6 Å². The minimum absolute atomic E-state index is 0.0176. The van der Waals surface area contributed by atoms with Crippen LogP contribution in [0.4, 0.5) is 0 Å². The van der Waals surface area contributed by atoms with Crippen LogP contribution in [0.25, 0.3) is 0 Å². The molecule has 3 aromatic rings. The minimum atomic E-state index is -1.06. The monoisotopic (exact) mass is 494 g/mol. The highest BCUT2D eigenvalue weighted by atomic mass is 32.1. The lowest BCUT2D eigenvalue weighted by atomic mass is 9.83. The van der Waals surface area contributed by atoms with Crippen molar-refractivity contribution in [3.05, 3.63) is 75.7 Å². The zero-order valence-corrected chi connectivity index (χ0v) is 20.8. The Labute approximate surface area is 209 Å². The first kappa shape index (κ1) is 24.7. The van der Waals surface area contributed by atoms with Crippen molar-refractivity contribution in [2.45, 2.75) is 44.7 Å². The Morgan fingerprint density at radius 2 is 1.77 bits per heavy atom. The van der Waals surface area contributed by atoms with E-state index >= 15 is 0 Å². The van der Waals surface area contributed by atoms with Crippen molar-refractivity contribution in [2.24, 2.45) is 5.92 Å². The molecule has 1 unspecified atom stereocenters. The van der Waals surface area contributed by atoms with Crippen LogP contribution in [0.2, 0.25) is 0 Å². The molecule has 0 spiro atoms. The molecular formula is C27H30N2O5S. The van der Waals surface area contributed by atoms with Crippen LogP contribution in [-0.4, -0.2) is 41.1 Å². The third-order valence-corrected chi connectivity index (χ3v) is 7.42. The number of thiazole rings is 1. The molecule has 2 aromatic carbocycles. The van der Waals surface area contributed by atoms with E-state index in [1.54, 1.807) is 19.6 Å². The molecule has 1 amide bonds. The fourth-order valence-corrected chi connectivity index (χ4v) is 5.78. The maximum Gasteiger partial charge on any atom is 0.355 e. The topological polar surface area (TPSA) is 89.0 Å². The molecule has 1 fully saturated rings. The van der Waals surface area contributed by atoms with Crippen LogP contribution in [0.15, 0.2) is 53.9 Å². The maximum atomic E-state index is 14.0. The number of aromatic carboxylic acids is 1. The average molecular weight is 495 g/mol. The van der Waals surface area contributed by atoms with Crippen LogP contribution >= 0.6 is 11.3 Å². The number of carboxylic acids is 1. The quantitative estimate of drug-likeness (QED) is 0.403. The molecule has 1 aliphatic rings. The summed E-state index contributed by atoms with van der Waals surface area (Å²) in [4.78, 5) is 31.9. The number of hydrogen-bond donors (Lipinski definition) is 1. The van der Waals surface area contributed by atoms with Crippen molar-refractivity contribution >= 4 is 23.2 Å². The van der Waals surface area contributed by atoms with Gasteiger partial charge in [-0.15, -0.1) is 11.3 Å². The first-order valence-corrected chi connectivity index (χ1v) is 12.7. The molecule has 1 aliphatic carbocycles. The molecule has 1 heterocycles. The standard InChI is InChI=1S/C27H30N2O5S/c1-33-22-14-13-18(15-23(22)34-2)16-29(26(30)20-11-7-4-8-12-20)24(19-9-5-3-6-10-19)25-28-21(17-35-25)27(31)32/h4,7-8,11-15,17,19,24H,3,5-6,9-10,16H2,1-2H3,(H,31,32). The number of rotatable bonds is 9.